The predicted molar refractivity (Wildman–Crippen MR) is 68.2 cm³/mol. The van der Waals surface area contributed by atoms with E-state index in [9.17, 15) is 8.96 Å². The van der Waals surface area contributed by atoms with E-state index in [1.165, 1.54) is 7.11 Å². The Kier molecular flexibility index (Phi) is 5.10. The van der Waals surface area contributed by atoms with Crippen LogP contribution in [0.25, 0.3) is 0 Å². The van der Waals surface area contributed by atoms with Gasteiger partial charge in [0.2, 0.25) is 0 Å². The van der Waals surface area contributed by atoms with E-state index >= 15 is 0 Å². The highest BCUT2D eigenvalue weighted by Gasteiger charge is 2.57. The third-order valence-corrected chi connectivity index (χ3v) is 4.43. The number of hydrogen-bond acceptors (Lipinski definition) is 6. The van der Waals surface area contributed by atoms with Crippen molar-refractivity contribution in [3.05, 3.63) is 0 Å². The van der Waals surface area contributed by atoms with Gasteiger partial charge in [0.05, 0.1) is 19.1 Å². The molecule has 2 heterocycles. The maximum Gasteiger partial charge on any atom is 0.545 e. The molecule has 2 saturated heterocycles. The topological polar surface area (TPSA) is 63.2 Å². The van der Waals surface area contributed by atoms with Crippen molar-refractivity contribution in [1.82, 2.24) is 0 Å². The standard InChI is InChI=1S/C12H21FO6P/c1-5-16-20(14)8(13)6-7-9-10(11(15-4)17-7)19-12(2,3)18-9/h7-11H,5-6H2,1-4H3/q+1/t7-,8?,9-,10-,11-/m1/s1. The molecule has 2 fully saturated rings. The van der Waals surface area contributed by atoms with Crippen molar-refractivity contribution in [3.63, 3.8) is 0 Å². The minimum Gasteiger partial charge on any atom is -0.353 e. The van der Waals surface area contributed by atoms with Crippen LogP contribution in [-0.4, -0.2) is 50.0 Å². The Labute approximate surface area is 118 Å². The van der Waals surface area contributed by atoms with E-state index in [0.29, 0.717) is 0 Å². The van der Waals surface area contributed by atoms with Crippen molar-refractivity contribution in [2.24, 2.45) is 0 Å². The summed E-state index contributed by atoms with van der Waals surface area (Å²) >= 11 is 0. The van der Waals surface area contributed by atoms with E-state index in [0.717, 1.165) is 0 Å². The van der Waals surface area contributed by atoms with Gasteiger partial charge in [-0.3, -0.25) is 0 Å². The first-order valence-electron chi connectivity index (χ1n) is 6.65. The second-order valence-corrected chi connectivity index (χ2v) is 6.61. The van der Waals surface area contributed by atoms with Crippen LogP contribution in [0, 0.1) is 0 Å². The Bertz CT molecular complexity index is 366. The highest BCUT2D eigenvalue weighted by molar-refractivity contribution is 7.39. The Morgan fingerprint density at radius 3 is 2.60 bits per heavy atom. The summed E-state index contributed by atoms with van der Waals surface area (Å²) in [4.78, 5) is 0. The summed E-state index contributed by atoms with van der Waals surface area (Å²) in [6.07, 6.45) is -2.09. The number of ether oxygens (including phenoxy) is 4. The van der Waals surface area contributed by atoms with Gasteiger partial charge < -0.3 is 18.9 Å². The van der Waals surface area contributed by atoms with Crippen LogP contribution in [-0.2, 0) is 28.0 Å². The quantitative estimate of drug-likeness (QED) is 0.702. The summed E-state index contributed by atoms with van der Waals surface area (Å²) in [6, 6.07) is 0. The molecule has 0 amide bonds. The average Bonchev–Trinajstić information content (AvgIpc) is 2.84. The molecule has 2 aliphatic rings. The smallest absolute Gasteiger partial charge is 0.353 e. The SMILES string of the molecule is CCO[P+](=O)C(F)C[C@H]1O[C@@H](OC)[C@@H]2OC(C)(C)O[C@@H]21. The number of fused-ring (bicyclic) bond motifs is 1. The van der Waals surface area contributed by atoms with Gasteiger partial charge in [-0.2, -0.15) is 4.39 Å². The Balaban J connectivity index is 2.00. The van der Waals surface area contributed by atoms with Gasteiger partial charge in [-0.25, -0.2) is 0 Å². The van der Waals surface area contributed by atoms with Gasteiger partial charge in [-0.15, -0.1) is 4.52 Å². The summed E-state index contributed by atoms with van der Waals surface area (Å²) in [5.41, 5.74) is 0. The number of methoxy groups -OCH3 is 1. The molecular weight excluding hydrogens is 290 g/mol. The summed E-state index contributed by atoms with van der Waals surface area (Å²) in [7, 11) is -0.860. The highest BCUT2D eigenvalue weighted by atomic mass is 31.1. The molecule has 2 rings (SSSR count). The molecule has 0 bridgehead atoms. The van der Waals surface area contributed by atoms with Crippen molar-refractivity contribution in [2.75, 3.05) is 13.7 Å². The number of rotatable bonds is 6. The van der Waals surface area contributed by atoms with Crippen LogP contribution in [0.4, 0.5) is 4.39 Å². The summed E-state index contributed by atoms with van der Waals surface area (Å²) < 4.78 is 52.4. The molecule has 8 heteroatoms. The molecule has 116 valence electrons. The monoisotopic (exact) mass is 311 g/mol. The molecule has 6 nitrogen and oxygen atoms in total. The fraction of sp³-hybridized carbons (Fsp3) is 1.00. The first kappa shape index (κ1) is 16.2. The fourth-order valence-corrected chi connectivity index (χ4v) is 3.30. The predicted octanol–water partition coefficient (Wildman–Crippen LogP) is 2.34. The van der Waals surface area contributed by atoms with E-state index in [4.69, 9.17) is 23.5 Å². The van der Waals surface area contributed by atoms with Gasteiger partial charge in [-0.05, 0) is 25.3 Å². The zero-order valence-corrected chi connectivity index (χ0v) is 13.0. The molecule has 0 N–H and O–H groups in total. The van der Waals surface area contributed by atoms with Crippen molar-refractivity contribution >= 4 is 8.03 Å². The summed E-state index contributed by atoms with van der Waals surface area (Å²) in [5, 5.41) is 0. The lowest BCUT2D eigenvalue weighted by atomic mass is 10.1. The second-order valence-electron chi connectivity index (χ2n) is 5.22. The van der Waals surface area contributed by atoms with Crippen LogP contribution in [0.15, 0.2) is 0 Å². The fourth-order valence-electron chi connectivity index (χ4n) is 2.51. The minimum atomic E-state index is -2.35. The lowest BCUT2D eigenvalue weighted by Crippen LogP contribution is -2.31. The third kappa shape index (κ3) is 3.35. The molecule has 6 atom stereocenters. The van der Waals surface area contributed by atoms with Crippen LogP contribution < -0.4 is 0 Å². The van der Waals surface area contributed by atoms with Crippen LogP contribution in [0.1, 0.15) is 27.2 Å². The van der Waals surface area contributed by atoms with Crippen LogP contribution in [0.3, 0.4) is 0 Å². The van der Waals surface area contributed by atoms with E-state index in [-0.39, 0.29) is 13.0 Å². The van der Waals surface area contributed by atoms with E-state index in [2.05, 4.69) is 0 Å². The van der Waals surface area contributed by atoms with Gasteiger partial charge in [0.1, 0.15) is 12.2 Å². The van der Waals surface area contributed by atoms with Crippen molar-refractivity contribution in [2.45, 2.75) is 63.5 Å². The number of hydrogen-bond donors (Lipinski definition) is 0. The molecule has 2 unspecified atom stereocenters. The third-order valence-electron chi connectivity index (χ3n) is 3.25. The van der Waals surface area contributed by atoms with E-state index in [1.807, 2.05) is 0 Å². The molecule has 0 radical (unpaired) electrons. The Morgan fingerprint density at radius 2 is 2.00 bits per heavy atom. The maximum atomic E-state index is 13.9. The lowest BCUT2D eigenvalue weighted by Gasteiger charge is -2.23. The van der Waals surface area contributed by atoms with Crippen molar-refractivity contribution in [3.8, 4) is 0 Å². The Morgan fingerprint density at radius 1 is 1.35 bits per heavy atom. The number of alkyl halides is 1. The lowest BCUT2D eigenvalue weighted by molar-refractivity contribution is -0.228. The normalized spacial score (nSPS) is 37.8. The molecule has 0 saturated carbocycles. The second kappa shape index (κ2) is 6.30. The van der Waals surface area contributed by atoms with Crippen molar-refractivity contribution < 1.29 is 32.4 Å². The van der Waals surface area contributed by atoms with Gasteiger partial charge in [0, 0.05) is 7.11 Å². The first-order chi connectivity index (χ1) is 9.38. The van der Waals surface area contributed by atoms with Crippen LogP contribution in [0.5, 0.6) is 0 Å². The number of halogens is 1. The van der Waals surface area contributed by atoms with Gasteiger partial charge in [-0.1, -0.05) is 0 Å². The molecule has 0 aromatic heterocycles. The maximum absolute atomic E-state index is 13.9. The minimum absolute atomic E-state index is 0.0737. The first-order valence-corrected chi connectivity index (χ1v) is 7.90. The zero-order chi connectivity index (χ0) is 14.9. The molecule has 2 aliphatic heterocycles. The summed E-state index contributed by atoms with van der Waals surface area (Å²) in [5.74, 6) is -2.36. The van der Waals surface area contributed by atoms with Gasteiger partial charge in [0.15, 0.2) is 12.1 Å². The van der Waals surface area contributed by atoms with E-state index < -0.39 is 44.3 Å². The molecule has 0 aromatic carbocycles. The highest BCUT2D eigenvalue weighted by Crippen LogP contribution is 2.43. The molecule has 0 spiro atoms. The average molecular weight is 311 g/mol. The van der Waals surface area contributed by atoms with Crippen LogP contribution in [0.2, 0.25) is 0 Å². The van der Waals surface area contributed by atoms with E-state index in [1.54, 1.807) is 20.8 Å². The Hall–Kier alpha value is -0.170. The van der Waals surface area contributed by atoms with Crippen LogP contribution >= 0.6 is 8.03 Å². The molecule has 20 heavy (non-hydrogen) atoms. The summed E-state index contributed by atoms with van der Waals surface area (Å²) in [6.45, 7) is 5.44. The largest absolute Gasteiger partial charge is 0.545 e. The molecular formula is C12H21FO6P+. The van der Waals surface area contributed by atoms with Crippen molar-refractivity contribution in [1.29, 1.82) is 0 Å². The van der Waals surface area contributed by atoms with Gasteiger partial charge >= 0.3 is 13.9 Å². The molecule has 0 aliphatic carbocycles. The zero-order valence-electron chi connectivity index (χ0n) is 12.1. The van der Waals surface area contributed by atoms with Gasteiger partial charge in [0.25, 0.3) is 0 Å². The molecule has 0 aromatic rings.